The highest BCUT2D eigenvalue weighted by atomic mass is 15.1. The third-order valence-corrected chi connectivity index (χ3v) is 3.47. The van der Waals surface area contributed by atoms with Crippen molar-refractivity contribution in [1.29, 1.82) is 0 Å². The van der Waals surface area contributed by atoms with E-state index in [-0.39, 0.29) is 0 Å². The number of hydrogen-bond donors (Lipinski definition) is 1. The van der Waals surface area contributed by atoms with E-state index in [9.17, 15) is 0 Å². The highest BCUT2D eigenvalue weighted by Crippen LogP contribution is 2.24. The summed E-state index contributed by atoms with van der Waals surface area (Å²) in [7, 11) is 4.16. The van der Waals surface area contributed by atoms with Gasteiger partial charge in [-0.05, 0) is 37.1 Å². The van der Waals surface area contributed by atoms with E-state index >= 15 is 0 Å². The Hall–Kier alpha value is -1.87. The van der Waals surface area contributed by atoms with Gasteiger partial charge in [-0.15, -0.1) is 0 Å². The number of hydrogen-bond acceptors (Lipinski definition) is 3. The Labute approximate surface area is 121 Å². The summed E-state index contributed by atoms with van der Waals surface area (Å²) in [5.41, 5.74) is 4.84. The molecule has 3 nitrogen and oxygen atoms in total. The second-order valence-electron chi connectivity index (χ2n) is 5.36. The first kappa shape index (κ1) is 14.5. The molecule has 2 aromatic rings. The molecule has 0 radical (unpaired) electrons. The van der Waals surface area contributed by atoms with Gasteiger partial charge in [0.2, 0.25) is 0 Å². The molecule has 0 saturated carbocycles. The smallest absolute Gasteiger partial charge is 0.0409 e. The number of nitrogens with zero attached hydrogens (tertiary/aromatic N) is 2. The minimum atomic E-state index is 0.301. The molecule has 1 N–H and O–H groups in total. The summed E-state index contributed by atoms with van der Waals surface area (Å²) in [6.07, 6.45) is 1.94. The summed E-state index contributed by atoms with van der Waals surface area (Å²) >= 11 is 0. The lowest BCUT2D eigenvalue weighted by Gasteiger charge is -2.22. The van der Waals surface area contributed by atoms with Crippen molar-refractivity contribution >= 4 is 5.69 Å². The highest BCUT2D eigenvalue weighted by Gasteiger charge is 2.10. The van der Waals surface area contributed by atoms with Crippen molar-refractivity contribution in [3.05, 3.63) is 59.4 Å². The van der Waals surface area contributed by atoms with Gasteiger partial charge in [0.25, 0.3) is 0 Å². The lowest BCUT2D eigenvalue weighted by molar-refractivity contribution is 0.573. The first-order valence-corrected chi connectivity index (χ1v) is 6.99. The molecule has 0 amide bonds. The molecule has 3 heteroatoms. The maximum Gasteiger partial charge on any atom is 0.0409 e. The standard InChI is InChI=1S/C17H23N3/c1-13-9-10-15(11-18-13)12-19-14(2)16-7-5-6-8-17(16)20(3)4/h5-11,14,19H,12H2,1-4H3/t14-/m0/s1. The fraction of sp³-hybridized carbons (Fsp3) is 0.353. The zero-order valence-electron chi connectivity index (χ0n) is 12.7. The number of benzene rings is 1. The van der Waals surface area contributed by atoms with Crippen LogP contribution < -0.4 is 10.2 Å². The summed E-state index contributed by atoms with van der Waals surface area (Å²) in [6, 6.07) is 13.0. The molecule has 0 spiro atoms. The fourth-order valence-electron chi connectivity index (χ4n) is 2.24. The molecular weight excluding hydrogens is 246 g/mol. The maximum absolute atomic E-state index is 4.33. The summed E-state index contributed by atoms with van der Waals surface area (Å²) in [4.78, 5) is 6.48. The minimum absolute atomic E-state index is 0.301. The van der Waals surface area contributed by atoms with Crippen LogP contribution in [0.4, 0.5) is 5.69 Å². The Morgan fingerprint density at radius 3 is 2.55 bits per heavy atom. The average Bonchev–Trinajstić information content (AvgIpc) is 2.46. The number of aromatic nitrogens is 1. The van der Waals surface area contributed by atoms with Gasteiger partial charge in [0.1, 0.15) is 0 Å². The molecule has 20 heavy (non-hydrogen) atoms. The van der Waals surface area contributed by atoms with Crippen LogP contribution in [0.25, 0.3) is 0 Å². The molecule has 2 rings (SSSR count). The van der Waals surface area contributed by atoms with E-state index in [1.54, 1.807) is 0 Å². The van der Waals surface area contributed by atoms with Gasteiger partial charge in [-0.3, -0.25) is 4.98 Å². The number of para-hydroxylation sites is 1. The van der Waals surface area contributed by atoms with Gasteiger partial charge in [0.15, 0.2) is 0 Å². The molecule has 1 aromatic carbocycles. The van der Waals surface area contributed by atoms with E-state index in [1.807, 2.05) is 13.1 Å². The molecule has 0 aliphatic heterocycles. The van der Waals surface area contributed by atoms with Gasteiger partial charge in [0, 0.05) is 44.3 Å². The van der Waals surface area contributed by atoms with Gasteiger partial charge in [0.05, 0.1) is 0 Å². The normalized spacial score (nSPS) is 12.2. The molecule has 0 aliphatic rings. The van der Waals surface area contributed by atoms with Crippen molar-refractivity contribution in [1.82, 2.24) is 10.3 Å². The van der Waals surface area contributed by atoms with Crippen molar-refractivity contribution in [2.24, 2.45) is 0 Å². The van der Waals surface area contributed by atoms with Crippen molar-refractivity contribution in [3.8, 4) is 0 Å². The number of aryl methyl sites for hydroxylation is 1. The number of nitrogens with one attached hydrogen (secondary N) is 1. The fourth-order valence-corrected chi connectivity index (χ4v) is 2.24. The van der Waals surface area contributed by atoms with E-state index in [4.69, 9.17) is 0 Å². The van der Waals surface area contributed by atoms with Crippen LogP contribution in [0.2, 0.25) is 0 Å². The van der Waals surface area contributed by atoms with Crippen molar-refractivity contribution in [2.45, 2.75) is 26.4 Å². The summed E-state index contributed by atoms with van der Waals surface area (Å²) in [5.74, 6) is 0. The first-order chi connectivity index (χ1) is 9.58. The molecule has 1 aromatic heterocycles. The Bertz CT molecular complexity index is 546. The first-order valence-electron chi connectivity index (χ1n) is 6.99. The van der Waals surface area contributed by atoms with E-state index < -0.39 is 0 Å². The van der Waals surface area contributed by atoms with Crippen LogP contribution in [0, 0.1) is 6.92 Å². The van der Waals surface area contributed by atoms with Crippen LogP contribution >= 0.6 is 0 Å². The lowest BCUT2D eigenvalue weighted by atomic mass is 10.1. The van der Waals surface area contributed by atoms with E-state index in [0.29, 0.717) is 6.04 Å². The Morgan fingerprint density at radius 1 is 1.15 bits per heavy atom. The molecule has 0 bridgehead atoms. The largest absolute Gasteiger partial charge is 0.377 e. The van der Waals surface area contributed by atoms with Gasteiger partial charge in [-0.2, -0.15) is 0 Å². The van der Waals surface area contributed by atoms with Crippen LogP contribution in [0.1, 0.15) is 29.8 Å². The van der Waals surface area contributed by atoms with Gasteiger partial charge in [-0.1, -0.05) is 24.3 Å². The monoisotopic (exact) mass is 269 g/mol. The number of rotatable bonds is 5. The second-order valence-corrected chi connectivity index (χ2v) is 5.36. The number of anilines is 1. The second kappa shape index (κ2) is 6.53. The quantitative estimate of drug-likeness (QED) is 0.902. The van der Waals surface area contributed by atoms with Crippen LogP contribution in [-0.2, 0) is 6.54 Å². The average molecular weight is 269 g/mol. The molecule has 0 aliphatic carbocycles. The predicted octanol–water partition coefficient (Wildman–Crippen LogP) is 3.31. The summed E-state index contributed by atoms with van der Waals surface area (Å²) in [5, 5.41) is 3.56. The lowest BCUT2D eigenvalue weighted by Crippen LogP contribution is -2.21. The van der Waals surface area contributed by atoms with Crippen LogP contribution in [0.5, 0.6) is 0 Å². The highest BCUT2D eigenvalue weighted by molar-refractivity contribution is 5.53. The van der Waals surface area contributed by atoms with Crippen molar-refractivity contribution in [2.75, 3.05) is 19.0 Å². The van der Waals surface area contributed by atoms with E-state index in [1.165, 1.54) is 16.8 Å². The molecule has 106 valence electrons. The third-order valence-electron chi connectivity index (χ3n) is 3.47. The van der Waals surface area contributed by atoms with Gasteiger partial charge < -0.3 is 10.2 Å². The molecule has 0 unspecified atom stereocenters. The summed E-state index contributed by atoms with van der Waals surface area (Å²) < 4.78 is 0. The van der Waals surface area contributed by atoms with Crippen molar-refractivity contribution < 1.29 is 0 Å². The van der Waals surface area contributed by atoms with E-state index in [0.717, 1.165) is 12.2 Å². The van der Waals surface area contributed by atoms with Crippen molar-refractivity contribution in [3.63, 3.8) is 0 Å². The van der Waals surface area contributed by atoms with Crippen LogP contribution in [0.15, 0.2) is 42.6 Å². The topological polar surface area (TPSA) is 28.2 Å². The predicted molar refractivity (Wildman–Crippen MR) is 85.0 cm³/mol. The zero-order chi connectivity index (χ0) is 14.5. The SMILES string of the molecule is Cc1ccc(CN[C@@H](C)c2ccccc2N(C)C)cn1. The molecule has 0 saturated heterocycles. The Balaban J connectivity index is 2.05. The zero-order valence-corrected chi connectivity index (χ0v) is 12.7. The van der Waals surface area contributed by atoms with Crippen LogP contribution in [-0.4, -0.2) is 19.1 Å². The van der Waals surface area contributed by atoms with Gasteiger partial charge in [-0.25, -0.2) is 0 Å². The molecule has 1 heterocycles. The van der Waals surface area contributed by atoms with E-state index in [2.05, 4.69) is 72.6 Å². The van der Waals surface area contributed by atoms with Crippen LogP contribution in [0.3, 0.4) is 0 Å². The summed E-state index contributed by atoms with van der Waals surface area (Å²) in [6.45, 7) is 5.04. The maximum atomic E-state index is 4.33. The Kier molecular flexibility index (Phi) is 4.74. The Morgan fingerprint density at radius 2 is 1.90 bits per heavy atom. The molecule has 1 atom stereocenters. The van der Waals surface area contributed by atoms with Gasteiger partial charge >= 0.3 is 0 Å². The minimum Gasteiger partial charge on any atom is -0.377 e. The molecule has 0 fully saturated rings. The number of pyridine rings is 1. The molecular formula is C17H23N3. The third kappa shape index (κ3) is 3.58.